The molecule has 0 bridgehead atoms. The summed E-state index contributed by atoms with van der Waals surface area (Å²) in [5.41, 5.74) is -0.170. The molecule has 1 aliphatic carbocycles. The first-order valence-electron chi connectivity index (χ1n) is 5.54. The van der Waals surface area contributed by atoms with Crippen molar-refractivity contribution < 1.29 is 9.31 Å². The summed E-state index contributed by atoms with van der Waals surface area (Å²) < 4.78 is 13.5. The van der Waals surface area contributed by atoms with Crippen molar-refractivity contribution in [3.8, 4) is 0 Å². The molecule has 0 aliphatic heterocycles. The van der Waals surface area contributed by atoms with Crippen molar-refractivity contribution in [1.29, 1.82) is 0 Å². The van der Waals surface area contributed by atoms with Gasteiger partial charge in [0, 0.05) is 0 Å². The van der Waals surface area contributed by atoms with E-state index in [1.807, 2.05) is 0 Å². The van der Waals surface area contributed by atoms with Gasteiger partial charge in [0.25, 0.3) is 0 Å². The number of hydrogen-bond acceptors (Lipinski definition) is 5. The zero-order chi connectivity index (χ0) is 12.3. The van der Waals surface area contributed by atoms with Gasteiger partial charge < -0.3 is 5.32 Å². The molecular formula is C10H13FN4O2. The standard InChI is InChI=1S/C10H13FN4O2/c11-8-3-1-2-4-9(8)14-10-12-5-7(6-13-10)15(16)17/h5-6,8-9H,1-4H2,(H,12,13,14)/t8-,9-/m1/s1. The summed E-state index contributed by atoms with van der Waals surface area (Å²) in [5, 5.41) is 13.3. The molecule has 1 aromatic rings. The third kappa shape index (κ3) is 2.86. The minimum absolute atomic E-state index is 0.170. The summed E-state index contributed by atoms with van der Waals surface area (Å²) in [7, 11) is 0. The van der Waals surface area contributed by atoms with Crippen molar-refractivity contribution in [3.05, 3.63) is 22.5 Å². The molecule has 1 saturated carbocycles. The molecule has 0 unspecified atom stereocenters. The van der Waals surface area contributed by atoms with Crippen LogP contribution in [0.1, 0.15) is 25.7 Å². The van der Waals surface area contributed by atoms with Crippen LogP contribution in [0.15, 0.2) is 12.4 Å². The maximum atomic E-state index is 13.5. The Bertz CT molecular complexity index is 398. The van der Waals surface area contributed by atoms with E-state index in [0.717, 1.165) is 31.7 Å². The summed E-state index contributed by atoms with van der Waals surface area (Å²) in [6.07, 6.45) is 4.50. The molecule has 1 N–H and O–H groups in total. The molecule has 1 aliphatic rings. The maximum Gasteiger partial charge on any atom is 0.305 e. The van der Waals surface area contributed by atoms with Gasteiger partial charge in [-0.2, -0.15) is 0 Å². The number of nitrogens with zero attached hydrogens (tertiary/aromatic N) is 3. The molecule has 1 fully saturated rings. The van der Waals surface area contributed by atoms with E-state index in [0.29, 0.717) is 6.42 Å². The van der Waals surface area contributed by atoms with E-state index in [4.69, 9.17) is 0 Å². The van der Waals surface area contributed by atoms with E-state index in [2.05, 4.69) is 15.3 Å². The molecule has 0 spiro atoms. The lowest BCUT2D eigenvalue weighted by atomic mass is 9.94. The molecule has 2 rings (SSSR count). The Morgan fingerprint density at radius 3 is 2.59 bits per heavy atom. The molecule has 1 heterocycles. The molecule has 0 saturated heterocycles. The van der Waals surface area contributed by atoms with Crippen LogP contribution in [0.5, 0.6) is 0 Å². The van der Waals surface area contributed by atoms with Crippen LogP contribution in [0.2, 0.25) is 0 Å². The van der Waals surface area contributed by atoms with E-state index in [1.165, 1.54) is 0 Å². The average Bonchev–Trinajstić information content (AvgIpc) is 2.33. The van der Waals surface area contributed by atoms with Crippen molar-refractivity contribution >= 4 is 11.6 Å². The second kappa shape index (κ2) is 5.03. The molecule has 17 heavy (non-hydrogen) atoms. The first-order valence-corrected chi connectivity index (χ1v) is 5.54. The van der Waals surface area contributed by atoms with Gasteiger partial charge in [-0.3, -0.25) is 10.1 Å². The lowest BCUT2D eigenvalue weighted by Crippen LogP contribution is -2.34. The third-order valence-corrected chi connectivity index (χ3v) is 2.85. The van der Waals surface area contributed by atoms with Gasteiger partial charge in [0.1, 0.15) is 18.6 Å². The van der Waals surface area contributed by atoms with Crippen molar-refractivity contribution in [2.75, 3.05) is 5.32 Å². The summed E-state index contributed by atoms with van der Waals surface area (Å²) in [6, 6.07) is -0.287. The predicted molar refractivity (Wildman–Crippen MR) is 59.5 cm³/mol. The number of nitro groups is 1. The molecular weight excluding hydrogens is 227 g/mol. The fraction of sp³-hybridized carbons (Fsp3) is 0.600. The van der Waals surface area contributed by atoms with Gasteiger partial charge >= 0.3 is 5.69 Å². The highest BCUT2D eigenvalue weighted by atomic mass is 19.1. The normalized spacial score (nSPS) is 24.3. The topological polar surface area (TPSA) is 81.0 Å². The van der Waals surface area contributed by atoms with Gasteiger partial charge in [-0.25, -0.2) is 14.4 Å². The number of aromatic nitrogens is 2. The fourth-order valence-electron chi connectivity index (χ4n) is 1.90. The Labute approximate surface area is 97.4 Å². The second-order valence-corrected chi connectivity index (χ2v) is 4.07. The van der Waals surface area contributed by atoms with Crippen LogP contribution in [-0.2, 0) is 0 Å². The maximum absolute atomic E-state index is 13.5. The zero-order valence-corrected chi connectivity index (χ0v) is 9.17. The summed E-state index contributed by atoms with van der Waals surface area (Å²) in [4.78, 5) is 17.4. The summed E-state index contributed by atoms with van der Waals surface area (Å²) >= 11 is 0. The Hall–Kier alpha value is -1.79. The Kier molecular flexibility index (Phi) is 3.46. The SMILES string of the molecule is O=[N+]([O-])c1cnc(N[C@@H]2CCCC[C@H]2F)nc1. The molecule has 92 valence electrons. The van der Waals surface area contributed by atoms with Crippen molar-refractivity contribution in [3.63, 3.8) is 0 Å². The Morgan fingerprint density at radius 1 is 1.35 bits per heavy atom. The molecule has 2 atom stereocenters. The van der Waals surface area contributed by atoms with Crippen LogP contribution in [0.4, 0.5) is 16.0 Å². The first kappa shape index (κ1) is 11.7. The van der Waals surface area contributed by atoms with Crippen LogP contribution in [0, 0.1) is 10.1 Å². The number of anilines is 1. The third-order valence-electron chi connectivity index (χ3n) is 2.85. The van der Waals surface area contributed by atoms with Gasteiger partial charge in [0.05, 0.1) is 11.0 Å². The highest BCUT2D eigenvalue weighted by Gasteiger charge is 2.25. The quantitative estimate of drug-likeness (QED) is 0.646. The highest BCUT2D eigenvalue weighted by molar-refractivity contribution is 5.32. The van der Waals surface area contributed by atoms with E-state index in [-0.39, 0.29) is 17.7 Å². The Balaban J connectivity index is 2.00. The van der Waals surface area contributed by atoms with Crippen LogP contribution >= 0.6 is 0 Å². The molecule has 1 aromatic heterocycles. The van der Waals surface area contributed by atoms with Gasteiger partial charge in [-0.05, 0) is 12.8 Å². The average molecular weight is 240 g/mol. The van der Waals surface area contributed by atoms with E-state index in [9.17, 15) is 14.5 Å². The largest absolute Gasteiger partial charge is 0.349 e. The van der Waals surface area contributed by atoms with E-state index < -0.39 is 11.1 Å². The molecule has 6 nitrogen and oxygen atoms in total. The number of nitrogens with one attached hydrogen (secondary N) is 1. The van der Waals surface area contributed by atoms with Crippen LogP contribution in [0.25, 0.3) is 0 Å². The van der Waals surface area contributed by atoms with Crippen molar-refractivity contribution in [2.45, 2.75) is 37.9 Å². The summed E-state index contributed by atoms with van der Waals surface area (Å²) in [5.74, 6) is 0.241. The molecule has 0 radical (unpaired) electrons. The van der Waals surface area contributed by atoms with Gasteiger partial charge in [0.15, 0.2) is 0 Å². The van der Waals surface area contributed by atoms with Crippen LogP contribution < -0.4 is 5.32 Å². The minimum Gasteiger partial charge on any atom is -0.349 e. The van der Waals surface area contributed by atoms with Gasteiger partial charge in [-0.1, -0.05) is 12.8 Å². The number of rotatable bonds is 3. The zero-order valence-electron chi connectivity index (χ0n) is 9.17. The smallest absolute Gasteiger partial charge is 0.305 e. The van der Waals surface area contributed by atoms with Crippen molar-refractivity contribution in [1.82, 2.24) is 9.97 Å². The van der Waals surface area contributed by atoms with E-state index in [1.54, 1.807) is 0 Å². The molecule has 0 aromatic carbocycles. The lowest BCUT2D eigenvalue weighted by molar-refractivity contribution is -0.385. The minimum atomic E-state index is -0.900. The lowest BCUT2D eigenvalue weighted by Gasteiger charge is -2.26. The molecule has 7 heteroatoms. The predicted octanol–water partition coefficient (Wildman–Crippen LogP) is 2.08. The van der Waals surface area contributed by atoms with Crippen LogP contribution in [0.3, 0.4) is 0 Å². The Morgan fingerprint density at radius 2 is 2.00 bits per heavy atom. The highest BCUT2D eigenvalue weighted by Crippen LogP contribution is 2.23. The van der Waals surface area contributed by atoms with E-state index >= 15 is 0 Å². The van der Waals surface area contributed by atoms with Crippen LogP contribution in [-0.4, -0.2) is 27.1 Å². The second-order valence-electron chi connectivity index (χ2n) is 4.07. The monoisotopic (exact) mass is 240 g/mol. The first-order chi connectivity index (χ1) is 8.16. The summed E-state index contributed by atoms with van der Waals surface area (Å²) in [6.45, 7) is 0. The van der Waals surface area contributed by atoms with Gasteiger partial charge in [0.2, 0.25) is 5.95 Å². The van der Waals surface area contributed by atoms with Gasteiger partial charge in [-0.15, -0.1) is 0 Å². The molecule has 0 amide bonds. The van der Waals surface area contributed by atoms with Crippen molar-refractivity contribution in [2.24, 2.45) is 0 Å². The fourth-order valence-corrected chi connectivity index (χ4v) is 1.90. The number of halogens is 1. The number of hydrogen-bond donors (Lipinski definition) is 1. The number of alkyl halides is 1.